The molecule has 0 saturated carbocycles. The Bertz CT molecular complexity index is 617. The van der Waals surface area contributed by atoms with Crippen molar-refractivity contribution in [2.45, 2.75) is 32.7 Å². The van der Waals surface area contributed by atoms with E-state index in [4.69, 9.17) is 0 Å². The Balaban J connectivity index is 2.15. The van der Waals surface area contributed by atoms with E-state index in [9.17, 15) is 4.79 Å². The summed E-state index contributed by atoms with van der Waals surface area (Å²) in [5.74, 6) is 0.415. The second-order valence-corrected chi connectivity index (χ2v) is 5.47. The van der Waals surface area contributed by atoms with Crippen molar-refractivity contribution in [1.29, 1.82) is 0 Å². The Kier molecular flexibility index (Phi) is 4.23. The highest BCUT2D eigenvalue weighted by Crippen LogP contribution is 2.22. The summed E-state index contributed by atoms with van der Waals surface area (Å²) in [5, 5.41) is 3.18. The van der Waals surface area contributed by atoms with E-state index >= 15 is 0 Å². The summed E-state index contributed by atoms with van der Waals surface area (Å²) in [6.45, 7) is 7.55. The van der Waals surface area contributed by atoms with Gasteiger partial charge in [-0.1, -0.05) is 44.2 Å². The third-order valence-corrected chi connectivity index (χ3v) is 3.51. The Hall–Kier alpha value is -2.10. The van der Waals surface area contributed by atoms with Gasteiger partial charge in [-0.05, 0) is 12.5 Å². The minimum Gasteiger partial charge on any atom is -0.365 e. The molecule has 1 aromatic heterocycles. The number of aromatic nitrogens is 2. The Morgan fingerprint density at radius 3 is 2.60 bits per heavy atom. The van der Waals surface area contributed by atoms with Gasteiger partial charge in [0, 0.05) is 30.9 Å². The molecule has 0 aliphatic carbocycles. The smallest absolute Gasteiger partial charge is 0.293 e. The molecule has 1 aromatic carbocycles. The summed E-state index contributed by atoms with van der Waals surface area (Å²) in [5.41, 5.74) is 1.10. The predicted octanol–water partition coefficient (Wildman–Crippen LogP) is 2.65. The van der Waals surface area contributed by atoms with Crippen LogP contribution in [0.5, 0.6) is 0 Å². The molecule has 0 aliphatic rings. The molecule has 0 spiro atoms. The summed E-state index contributed by atoms with van der Waals surface area (Å²) < 4.78 is 1.64. The fraction of sp³-hybridized carbons (Fsp3) is 0.375. The molecule has 0 fully saturated rings. The van der Waals surface area contributed by atoms with E-state index < -0.39 is 0 Å². The van der Waals surface area contributed by atoms with Crippen LogP contribution in [0.2, 0.25) is 0 Å². The van der Waals surface area contributed by atoms with Crippen LogP contribution >= 0.6 is 0 Å². The third kappa shape index (κ3) is 3.07. The SMILES string of the molecule is CCn1ccnc(NCC(C)(C)c2ccccc2)c1=O. The van der Waals surface area contributed by atoms with E-state index in [1.807, 2.05) is 25.1 Å². The molecule has 4 heteroatoms. The lowest BCUT2D eigenvalue weighted by atomic mass is 9.85. The van der Waals surface area contributed by atoms with E-state index in [2.05, 4.69) is 36.3 Å². The molecule has 0 unspecified atom stereocenters. The van der Waals surface area contributed by atoms with Crippen LogP contribution in [0.1, 0.15) is 26.3 Å². The maximum absolute atomic E-state index is 12.1. The van der Waals surface area contributed by atoms with Crippen LogP contribution in [0.15, 0.2) is 47.5 Å². The van der Waals surface area contributed by atoms with Gasteiger partial charge in [-0.25, -0.2) is 4.98 Å². The predicted molar refractivity (Wildman–Crippen MR) is 82.1 cm³/mol. The number of benzene rings is 1. The van der Waals surface area contributed by atoms with E-state index in [0.717, 1.165) is 0 Å². The second-order valence-electron chi connectivity index (χ2n) is 5.47. The molecule has 106 valence electrons. The van der Waals surface area contributed by atoms with E-state index in [1.54, 1.807) is 17.0 Å². The zero-order valence-corrected chi connectivity index (χ0v) is 12.3. The molecule has 0 bridgehead atoms. The van der Waals surface area contributed by atoms with Crippen molar-refractivity contribution in [2.75, 3.05) is 11.9 Å². The molecule has 0 aliphatic heterocycles. The average Bonchev–Trinajstić information content (AvgIpc) is 2.47. The zero-order chi connectivity index (χ0) is 14.6. The van der Waals surface area contributed by atoms with Crippen molar-refractivity contribution < 1.29 is 0 Å². The molecule has 2 rings (SSSR count). The zero-order valence-electron chi connectivity index (χ0n) is 12.3. The molecule has 1 N–H and O–H groups in total. The highest BCUT2D eigenvalue weighted by atomic mass is 16.1. The van der Waals surface area contributed by atoms with Crippen molar-refractivity contribution in [3.05, 3.63) is 58.6 Å². The first-order chi connectivity index (χ1) is 9.54. The number of nitrogens with zero attached hydrogens (tertiary/aromatic N) is 2. The number of aryl methyl sites for hydroxylation is 1. The monoisotopic (exact) mass is 271 g/mol. The number of hydrogen-bond donors (Lipinski definition) is 1. The molecule has 1 heterocycles. The summed E-state index contributed by atoms with van der Waals surface area (Å²) in [4.78, 5) is 16.2. The minimum absolute atomic E-state index is 0.0672. The van der Waals surface area contributed by atoms with Gasteiger partial charge >= 0.3 is 0 Å². The van der Waals surface area contributed by atoms with Crippen molar-refractivity contribution in [3.8, 4) is 0 Å². The van der Waals surface area contributed by atoms with Crippen LogP contribution in [0, 0.1) is 0 Å². The van der Waals surface area contributed by atoms with Crippen LogP contribution in [0.4, 0.5) is 5.82 Å². The summed E-state index contributed by atoms with van der Waals surface area (Å²) >= 11 is 0. The van der Waals surface area contributed by atoms with Gasteiger partial charge in [0.15, 0.2) is 5.82 Å². The summed E-state index contributed by atoms with van der Waals surface area (Å²) in [6.07, 6.45) is 3.36. The lowest BCUT2D eigenvalue weighted by Gasteiger charge is -2.25. The Morgan fingerprint density at radius 1 is 1.25 bits per heavy atom. The standard InChI is InChI=1S/C16H21N3O/c1-4-19-11-10-17-14(15(19)20)18-12-16(2,3)13-8-6-5-7-9-13/h5-11H,4,12H2,1-3H3,(H,17,18). The largest absolute Gasteiger partial charge is 0.365 e. The van der Waals surface area contributed by atoms with Gasteiger partial charge in [0.25, 0.3) is 5.56 Å². The fourth-order valence-electron chi connectivity index (χ4n) is 2.11. The van der Waals surface area contributed by atoms with Crippen molar-refractivity contribution in [1.82, 2.24) is 9.55 Å². The van der Waals surface area contributed by atoms with Gasteiger partial charge in [0.1, 0.15) is 0 Å². The molecular weight excluding hydrogens is 250 g/mol. The second kappa shape index (κ2) is 5.90. The maximum Gasteiger partial charge on any atom is 0.293 e. The van der Waals surface area contributed by atoms with E-state index in [0.29, 0.717) is 18.9 Å². The first kappa shape index (κ1) is 14.3. The summed E-state index contributed by atoms with van der Waals surface area (Å²) in [7, 11) is 0. The first-order valence-corrected chi connectivity index (χ1v) is 6.89. The lowest BCUT2D eigenvalue weighted by molar-refractivity contribution is 0.555. The number of anilines is 1. The first-order valence-electron chi connectivity index (χ1n) is 6.89. The minimum atomic E-state index is -0.0705. The maximum atomic E-state index is 12.1. The molecule has 0 amide bonds. The molecule has 0 atom stereocenters. The van der Waals surface area contributed by atoms with Crippen LogP contribution < -0.4 is 10.9 Å². The average molecular weight is 271 g/mol. The van der Waals surface area contributed by atoms with Crippen molar-refractivity contribution in [2.24, 2.45) is 0 Å². The van der Waals surface area contributed by atoms with E-state index in [-0.39, 0.29) is 11.0 Å². The van der Waals surface area contributed by atoms with E-state index in [1.165, 1.54) is 5.56 Å². The number of rotatable bonds is 5. The fourth-order valence-corrected chi connectivity index (χ4v) is 2.11. The van der Waals surface area contributed by atoms with Crippen LogP contribution in [0.25, 0.3) is 0 Å². The molecule has 2 aromatic rings. The van der Waals surface area contributed by atoms with Gasteiger partial charge in [-0.3, -0.25) is 4.79 Å². The van der Waals surface area contributed by atoms with Crippen LogP contribution in [-0.2, 0) is 12.0 Å². The van der Waals surface area contributed by atoms with Gasteiger partial charge in [-0.2, -0.15) is 0 Å². The highest BCUT2D eigenvalue weighted by molar-refractivity contribution is 5.34. The van der Waals surface area contributed by atoms with Crippen LogP contribution in [-0.4, -0.2) is 16.1 Å². The highest BCUT2D eigenvalue weighted by Gasteiger charge is 2.20. The molecule has 20 heavy (non-hydrogen) atoms. The third-order valence-electron chi connectivity index (χ3n) is 3.51. The molecule has 0 saturated heterocycles. The van der Waals surface area contributed by atoms with Gasteiger partial charge < -0.3 is 9.88 Å². The number of nitrogens with one attached hydrogen (secondary N) is 1. The molecule has 4 nitrogen and oxygen atoms in total. The molecular formula is C16H21N3O. The van der Waals surface area contributed by atoms with Gasteiger partial charge in [0.05, 0.1) is 0 Å². The Labute approximate surface area is 119 Å². The summed E-state index contributed by atoms with van der Waals surface area (Å²) in [6, 6.07) is 10.3. The van der Waals surface area contributed by atoms with Crippen molar-refractivity contribution in [3.63, 3.8) is 0 Å². The molecule has 0 radical (unpaired) electrons. The quantitative estimate of drug-likeness (QED) is 0.909. The van der Waals surface area contributed by atoms with Gasteiger partial charge in [0.2, 0.25) is 0 Å². The topological polar surface area (TPSA) is 46.9 Å². The van der Waals surface area contributed by atoms with Crippen LogP contribution in [0.3, 0.4) is 0 Å². The van der Waals surface area contributed by atoms with Crippen molar-refractivity contribution >= 4 is 5.82 Å². The Morgan fingerprint density at radius 2 is 1.95 bits per heavy atom. The normalized spacial score (nSPS) is 11.3. The number of hydrogen-bond acceptors (Lipinski definition) is 3. The van der Waals surface area contributed by atoms with Gasteiger partial charge in [-0.15, -0.1) is 0 Å². The lowest BCUT2D eigenvalue weighted by Crippen LogP contribution is -2.31.